The van der Waals surface area contributed by atoms with Crippen LogP contribution in [0.5, 0.6) is 0 Å². The summed E-state index contributed by atoms with van der Waals surface area (Å²) in [5.74, 6) is 0. The van der Waals surface area contributed by atoms with Gasteiger partial charge in [-0.15, -0.1) is 0 Å². The van der Waals surface area contributed by atoms with Crippen LogP contribution in [0.3, 0.4) is 0 Å². The Labute approximate surface area is 68.3 Å². The number of H-pyrrole nitrogens is 1. The van der Waals surface area contributed by atoms with Gasteiger partial charge < -0.3 is 4.98 Å². The zero-order chi connectivity index (χ0) is 8.55. The van der Waals surface area contributed by atoms with Gasteiger partial charge in [0.15, 0.2) is 0 Å². The van der Waals surface area contributed by atoms with Crippen LogP contribution in [0.15, 0.2) is 23.3 Å². The van der Waals surface area contributed by atoms with E-state index in [-0.39, 0.29) is 5.56 Å². The van der Waals surface area contributed by atoms with E-state index in [1.165, 1.54) is 6.20 Å². The van der Waals surface area contributed by atoms with Crippen molar-refractivity contribution in [2.24, 2.45) is 0 Å². The van der Waals surface area contributed by atoms with E-state index < -0.39 is 0 Å². The molecule has 4 nitrogen and oxygen atoms in total. The molecule has 0 saturated heterocycles. The van der Waals surface area contributed by atoms with Crippen LogP contribution in [0.2, 0.25) is 0 Å². The normalized spacial score (nSPS) is 10.4. The fourth-order valence-corrected chi connectivity index (χ4v) is 1.07. The van der Waals surface area contributed by atoms with Gasteiger partial charge in [0.1, 0.15) is 0 Å². The topological polar surface area (TPSA) is 58.6 Å². The summed E-state index contributed by atoms with van der Waals surface area (Å²) in [6, 6.07) is 1.79. The maximum atomic E-state index is 11.1. The minimum atomic E-state index is -0.0736. The highest BCUT2D eigenvalue weighted by Gasteiger charge is 1.96. The van der Waals surface area contributed by atoms with E-state index >= 15 is 0 Å². The highest BCUT2D eigenvalue weighted by Crippen LogP contribution is 2.05. The number of nitrogens with zero attached hydrogens (tertiary/aromatic N) is 2. The Morgan fingerprint density at radius 2 is 2.08 bits per heavy atom. The van der Waals surface area contributed by atoms with Crippen LogP contribution >= 0.6 is 0 Å². The number of aryl methyl sites for hydroxylation is 1. The first kappa shape index (κ1) is 6.97. The van der Waals surface area contributed by atoms with Crippen molar-refractivity contribution in [3.05, 3.63) is 34.4 Å². The van der Waals surface area contributed by atoms with Crippen LogP contribution in [0.4, 0.5) is 0 Å². The molecule has 4 heteroatoms. The number of rotatable bonds is 0. The molecule has 2 heterocycles. The fourth-order valence-electron chi connectivity index (χ4n) is 1.07. The van der Waals surface area contributed by atoms with Crippen molar-refractivity contribution in [1.82, 2.24) is 15.2 Å². The molecule has 0 fully saturated rings. The van der Waals surface area contributed by atoms with Gasteiger partial charge in [-0.3, -0.25) is 4.79 Å². The summed E-state index contributed by atoms with van der Waals surface area (Å²) in [5.41, 5.74) is 1.34. The molecule has 0 spiro atoms. The Hall–Kier alpha value is -1.71. The molecule has 2 rings (SSSR count). The van der Waals surface area contributed by atoms with Crippen LogP contribution in [0.1, 0.15) is 5.56 Å². The van der Waals surface area contributed by atoms with E-state index in [0.29, 0.717) is 5.56 Å². The smallest absolute Gasteiger partial charge is 0.251 e. The average molecular weight is 161 g/mol. The van der Waals surface area contributed by atoms with E-state index in [1.807, 2.05) is 0 Å². The van der Waals surface area contributed by atoms with E-state index in [2.05, 4.69) is 15.2 Å². The Balaban J connectivity index is 2.93. The molecule has 0 aliphatic heterocycles. The highest BCUT2D eigenvalue weighted by molar-refractivity contribution is 5.76. The maximum Gasteiger partial charge on any atom is 0.251 e. The minimum absolute atomic E-state index is 0.0736. The van der Waals surface area contributed by atoms with E-state index in [9.17, 15) is 4.79 Å². The minimum Gasteiger partial charge on any atom is -0.320 e. The zero-order valence-electron chi connectivity index (χ0n) is 6.53. The Morgan fingerprint density at radius 3 is 2.92 bits per heavy atom. The predicted molar refractivity (Wildman–Crippen MR) is 44.9 cm³/mol. The van der Waals surface area contributed by atoms with Gasteiger partial charge in [0.05, 0.1) is 17.9 Å². The second-order valence-electron chi connectivity index (χ2n) is 2.64. The lowest BCUT2D eigenvalue weighted by atomic mass is 10.2. The number of fused-ring (bicyclic) bond motifs is 1. The molecule has 12 heavy (non-hydrogen) atoms. The van der Waals surface area contributed by atoms with Crippen LogP contribution < -0.4 is 5.56 Å². The van der Waals surface area contributed by atoms with Crippen molar-refractivity contribution in [3.63, 3.8) is 0 Å². The van der Waals surface area contributed by atoms with Crippen molar-refractivity contribution in [2.75, 3.05) is 0 Å². The van der Waals surface area contributed by atoms with Gasteiger partial charge in [-0.1, -0.05) is 0 Å². The van der Waals surface area contributed by atoms with Crippen molar-refractivity contribution in [1.29, 1.82) is 0 Å². The summed E-state index contributed by atoms with van der Waals surface area (Å²) in [6.07, 6.45) is 3.16. The molecule has 0 aliphatic carbocycles. The van der Waals surface area contributed by atoms with Gasteiger partial charge in [0, 0.05) is 10.9 Å². The molecule has 2 aromatic rings. The molecule has 0 radical (unpaired) electrons. The lowest BCUT2D eigenvalue weighted by Crippen LogP contribution is -2.08. The van der Waals surface area contributed by atoms with Crippen molar-refractivity contribution >= 4 is 10.9 Å². The number of nitrogens with one attached hydrogen (secondary N) is 1. The van der Waals surface area contributed by atoms with Crippen LogP contribution in [0, 0.1) is 6.92 Å². The second-order valence-corrected chi connectivity index (χ2v) is 2.64. The molecule has 0 unspecified atom stereocenters. The molecule has 1 N–H and O–H groups in total. The van der Waals surface area contributed by atoms with Crippen LogP contribution in [-0.2, 0) is 0 Å². The van der Waals surface area contributed by atoms with Gasteiger partial charge in [-0.05, 0) is 13.0 Å². The average Bonchev–Trinajstić information content (AvgIpc) is 2.07. The standard InChI is InChI=1S/C8H7N3O/c1-5-2-6-3-9-10-4-7(6)11-8(5)12/h2-4H,1H3,(H,11,12). The molecule has 0 saturated carbocycles. The lowest BCUT2D eigenvalue weighted by molar-refractivity contribution is 1.04. The first-order valence-electron chi connectivity index (χ1n) is 3.58. The molecule has 0 amide bonds. The highest BCUT2D eigenvalue weighted by atomic mass is 16.1. The van der Waals surface area contributed by atoms with Crippen molar-refractivity contribution in [2.45, 2.75) is 6.92 Å². The fraction of sp³-hybridized carbons (Fsp3) is 0.125. The monoisotopic (exact) mass is 161 g/mol. The summed E-state index contributed by atoms with van der Waals surface area (Å²) >= 11 is 0. The first-order valence-corrected chi connectivity index (χ1v) is 3.58. The Bertz CT molecular complexity index is 475. The predicted octanol–water partition coefficient (Wildman–Crippen LogP) is 0.627. The Kier molecular flexibility index (Phi) is 1.40. The first-order chi connectivity index (χ1) is 5.77. The lowest BCUT2D eigenvalue weighted by Gasteiger charge is -1.95. The van der Waals surface area contributed by atoms with Crippen molar-refractivity contribution < 1.29 is 0 Å². The van der Waals surface area contributed by atoms with Crippen LogP contribution in [-0.4, -0.2) is 15.2 Å². The second kappa shape index (κ2) is 2.41. The van der Waals surface area contributed by atoms with Gasteiger partial charge in [-0.25, -0.2) is 0 Å². The third kappa shape index (κ3) is 0.972. The quantitative estimate of drug-likeness (QED) is 0.616. The molecular weight excluding hydrogens is 154 g/mol. The van der Waals surface area contributed by atoms with E-state index in [1.54, 1.807) is 19.2 Å². The van der Waals surface area contributed by atoms with Gasteiger partial charge in [-0.2, -0.15) is 10.2 Å². The van der Waals surface area contributed by atoms with Gasteiger partial charge >= 0.3 is 0 Å². The number of pyridine rings is 1. The van der Waals surface area contributed by atoms with Crippen LogP contribution in [0.25, 0.3) is 10.9 Å². The van der Waals surface area contributed by atoms with E-state index in [0.717, 1.165) is 10.9 Å². The summed E-state index contributed by atoms with van der Waals surface area (Å²) < 4.78 is 0. The zero-order valence-corrected chi connectivity index (χ0v) is 6.53. The van der Waals surface area contributed by atoms with Gasteiger partial charge in [0.2, 0.25) is 0 Å². The molecular formula is C8H7N3O. The third-order valence-corrected chi connectivity index (χ3v) is 1.74. The van der Waals surface area contributed by atoms with E-state index in [4.69, 9.17) is 0 Å². The number of aromatic amines is 1. The van der Waals surface area contributed by atoms with Crippen molar-refractivity contribution in [3.8, 4) is 0 Å². The SMILES string of the molecule is Cc1cc2cnncc2[nH]c1=O. The number of hydrogen-bond acceptors (Lipinski definition) is 3. The summed E-state index contributed by atoms with van der Waals surface area (Å²) in [4.78, 5) is 13.8. The number of aromatic nitrogens is 3. The summed E-state index contributed by atoms with van der Waals surface area (Å²) in [6.45, 7) is 1.76. The molecule has 60 valence electrons. The third-order valence-electron chi connectivity index (χ3n) is 1.74. The maximum absolute atomic E-state index is 11.1. The molecule has 0 atom stereocenters. The summed E-state index contributed by atoms with van der Waals surface area (Å²) in [7, 11) is 0. The van der Waals surface area contributed by atoms with Gasteiger partial charge in [0.25, 0.3) is 5.56 Å². The number of hydrogen-bond donors (Lipinski definition) is 1. The molecule has 0 bridgehead atoms. The molecule has 2 aromatic heterocycles. The Morgan fingerprint density at radius 1 is 1.33 bits per heavy atom. The summed E-state index contributed by atoms with van der Waals surface area (Å²) in [5, 5.41) is 8.28. The molecule has 0 aromatic carbocycles. The largest absolute Gasteiger partial charge is 0.320 e. The molecule has 0 aliphatic rings.